The third kappa shape index (κ3) is 3.58. The van der Waals surface area contributed by atoms with Gasteiger partial charge in [0.2, 0.25) is 0 Å². The van der Waals surface area contributed by atoms with E-state index in [4.69, 9.17) is 12.6 Å². The average molecular weight is 160 g/mol. The Morgan fingerprint density at radius 2 is 2.00 bits per heavy atom. The molecule has 1 rings (SSSR count). The van der Waals surface area contributed by atoms with Crippen LogP contribution in [0, 0.1) is 0 Å². The summed E-state index contributed by atoms with van der Waals surface area (Å²) in [7, 11) is 5.53. The minimum atomic E-state index is 0.119. The van der Waals surface area contributed by atoms with E-state index in [1.54, 1.807) is 0 Å². The minimum Gasteiger partial charge on any atom is -0.377 e. The Morgan fingerprint density at radius 3 is 2.58 bits per heavy atom. The van der Waals surface area contributed by atoms with Crippen molar-refractivity contribution in [1.82, 2.24) is 0 Å². The first-order valence-corrected chi connectivity index (χ1v) is 4.16. The standard InChI is InChI=1S/C10H13BO/c1-9(11)7-12-8-10-5-3-2-4-6-10/h2-6,9H,7-8H2,1H3/t9-/m1/s1. The summed E-state index contributed by atoms with van der Waals surface area (Å²) in [5.74, 6) is 0.119. The van der Waals surface area contributed by atoms with Crippen LogP contribution in [0.5, 0.6) is 0 Å². The third-order valence-electron chi connectivity index (χ3n) is 1.49. The molecule has 0 amide bonds. The van der Waals surface area contributed by atoms with Gasteiger partial charge < -0.3 is 4.74 Å². The van der Waals surface area contributed by atoms with Crippen molar-refractivity contribution in [3.63, 3.8) is 0 Å². The topological polar surface area (TPSA) is 9.23 Å². The summed E-state index contributed by atoms with van der Waals surface area (Å²) in [6, 6.07) is 10.1. The van der Waals surface area contributed by atoms with Crippen molar-refractivity contribution in [3.05, 3.63) is 35.9 Å². The second kappa shape index (κ2) is 4.99. The second-order valence-corrected chi connectivity index (χ2v) is 2.98. The van der Waals surface area contributed by atoms with Crippen LogP contribution in [-0.2, 0) is 11.3 Å². The van der Waals surface area contributed by atoms with Gasteiger partial charge in [0.25, 0.3) is 0 Å². The highest BCUT2D eigenvalue weighted by Gasteiger charge is 1.94. The molecule has 1 atom stereocenters. The molecule has 0 heterocycles. The molecule has 1 nitrogen and oxygen atoms in total. The first-order valence-electron chi connectivity index (χ1n) is 4.16. The highest BCUT2D eigenvalue weighted by atomic mass is 16.5. The molecule has 0 N–H and O–H groups in total. The van der Waals surface area contributed by atoms with Gasteiger partial charge in [-0.15, -0.1) is 0 Å². The second-order valence-electron chi connectivity index (χ2n) is 2.98. The van der Waals surface area contributed by atoms with Crippen LogP contribution in [0.15, 0.2) is 30.3 Å². The quantitative estimate of drug-likeness (QED) is 0.613. The van der Waals surface area contributed by atoms with Gasteiger partial charge in [-0.25, -0.2) is 0 Å². The van der Waals surface area contributed by atoms with Gasteiger partial charge in [0, 0.05) is 6.61 Å². The maximum atomic E-state index is 5.53. The Labute approximate surface area is 75.2 Å². The molecule has 0 aromatic heterocycles. The molecule has 62 valence electrons. The normalized spacial score (nSPS) is 12.8. The van der Waals surface area contributed by atoms with Gasteiger partial charge in [0.1, 0.15) is 0 Å². The highest BCUT2D eigenvalue weighted by Crippen LogP contribution is 2.03. The molecule has 0 bridgehead atoms. The van der Waals surface area contributed by atoms with E-state index in [1.165, 1.54) is 5.56 Å². The molecule has 0 aliphatic rings. The van der Waals surface area contributed by atoms with Crippen molar-refractivity contribution in [2.75, 3.05) is 6.61 Å². The fraction of sp³-hybridized carbons (Fsp3) is 0.400. The number of rotatable bonds is 4. The van der Waals surface area contributed by atoms with E-state index in [1.807, 2.05) is 37.3 Å². The molecular formula is C10H13BO. The zero-order chi connectivity index (χ0) is 8.81. The molecule has 1 aromatic carbocycles. The average Bonchev–Trinajstić information content (AvgIpc) is 2.05. The predicted molar refractivity (Wildman–Crippen MR) is 51.3 cm³/mol. The lowest BCUT2D eigenvalue weighted by atomic mass is 9.91. The van der Waals surface area contributed by atoms with Crippen LogP contribution >= 0.6 is 0 Å². The molecule has 0 unspecified atom stereocenters. The van der Waals surface area contributed by atoms with E-state index in [-0.39, 0.29) is 5.82 Å². The number of ether oxygens (including phenoxy) is 1. The molecule has 0 aliphatic heterocycles. The molecule has 2 heteroatoms. The monoisotopic (exact) mass is 160 g/mol. The maximum absolute atomic E-state index is 5.53. The summed E-state index contributed by atoms with van der Waals surface area (Å²) in [4.78, 5) is 0. The van der Waals surface area contributed by atoms with Crippen molar-refractivity contribution in [1.29, 1.82) is 0 Å². The molecule has 0 saturated carbocycles. The van der Waals surface area contributed by atoms with Gasteiger partial charge in [-0.1, -0.05) is 43.1 Å². The van der Waals surface area contributed by atoms with Crippen LogP contribution in [-0.4, -0.2) is 14.5 Å². The lowest BCUT2D eigenvalue weighted by Crippen LogP contribution is -2.00. The van der Waals surface area contributed by atoms with Crippen LogP contribution in [0.3, 0.4) is 0 Å². The predicted octanol–water partition coefficient (Wildman–Crippen LogP) is 2.18. The Bertz CT molecular complexity index is 208. The van der Waals surface area contributed by atoms with Crippen LogP contribution in [0.2, 0.25) is 5.82 Å². The largest absolute Gasteiger partial charge is 0.377 e. The van der Waals surface area contributed by atoms with Crippen molar-refractivity contribution in [2.24, 2.45) is 0 Å². The number of hydrogen-bond acceptors (Lipinski definition) is 1. The van der Waals surface area contributed by atoms with Gasteiger partial charge in [-0.2, -0.15) is 0 Å². The van der Waals surface area contributed by atoms with Crippen molar-refractivity contribution < 1.29 is 4.74 Å². The van der Waals surface area contributed by atoms with Crippen LogP contribution in [0.4, 0.5) is 0 Å². The van der Waals surface area contributed by atoms with Gasteiger partial charge >= 0.3 is 0 Å². The summed E-state index contributed by atoms with van der Waals surface area (Å²) in [6.07, 6.45) is 0. The van der Waals surface area contributed by atoms with E-state index < -0.39 is 0 Å². The van der Waals surface area contributed by atoms with E-state index >= 15 is 0 Å². The van der Waals surface area contributed by atoms with Crippen molar-refractivity contribution in [2.45, 2.75) is 19.3 Å². The SMILES string of the molecule is [B][C@H](C)COCc1ccccc1. The fourth-order valence-corrected chi connectivity index (χ4v) is 0.937. The smallest absolute Gasteiger partial charge is 0.0727 e. The van der Waals surface area contributed by atoms with Gasteiger partial charge in [-0.05, 0) is 5.56 Å². The van der Waals surface area contributed by atoms with E-state index in [9.17, 15) is 0 Å². The Hall–Kier alpha value is -0.755. The molecule has 0 aliphatic carbocycles. The molecular weight excluding hydrogens is 147 g/mol. The summed E-state index contributed by atoms with van der Waals surface area (Å²) < 4.78 is 5.36. The van der Waals surface area contributed by atoms with E-state index in [0.717, 1.165) is 0 Å². The van der Waals surface area contributed by atoms with Crippen LogP contribution < -0.4 is 0 Å². The van der Waals surface area contributed by atoms with Gasteiger partial charge in [0.05, 0.1) is 14.5 Å². The summed E-state index contributed by atoms with van der Waals surface area (Å²) in [6.45, 7) is 3.21. The first kappa shape index (κ1) is 9.33. The maximum Gasteiger partial charge on any atom is 0.0727 e. The van der Waals surface area contributed by atoms with E-state index in [0.29, 0.717) is 13.2 Å². The molecule has 12 heavy (non-hydrogen) atoms. The summed E-state index contributed by atoms with van der Waals surface area (Å²) in [5.41, 5.74) is 1.19. The highest BCUT2D eigenvalue weighted by molar-refractivity contribution is 6.11. The summed E-state index contributed by atoms with van der Waals surface area (Å²) >= 11 is 0. The van der Waals surface area contributed by atoms with Crippen LogP contribution in [0.25, 0.3) is 0 Å². The van der Waals surface area contributed by atoms with Gasteiger partial charge in [-0.3, -0.25) is 0 Å². The Kier molecular flexibility index (Phi) is 3.88. The lowest BCUT2D eigenvalue weighted by Gasteiger charge is -2.06. The zero-order valence-corrected chi connectivity index (χ0v) is 7.36. The minimum absolute atomic E-state index is 0.119. The van der Waals surface area contributed by atoms with Gasteiger partial charge in [0.15, 0.2) is 0 Å². The third-order valence-corrected chi connectivity index (χ3v) is 1.49. The van der Waals surface area contributed by atoms with Crippen LogP contribution in [0.1, 0.15) is 12.5 Å². The van der Waals surface area contributed by atoms with Crippen molar-refractivity contribution in [3.8, 4) is 0 Å². The number of benzene rings is 1. The molecule has 2 radical (unpaired) electrons. The Balaban J connectivity index is 2.25. The van der Waals surface area contributed by atoms with E-state index in [2.05, 4.69) is 0 Å². The number of hydrogen-bond donors (Lipinski definition) is 0. The lowest BCUT2D eigenvalue weighted by molar-refractivity contribution is 0.122. The zero-order valence-electron chi connectivity index (χ0n) is 7.36. The Morgan fingerprint density at radius 1 is 1.33 bits per heavy atom. The summed E-state index contributed by atoms with van der Waals surface area (Å²) in [5, 5.41) is 0. The molecule has 0 spiro atoms. The fourth-order valence-electron chi connectivity index (χ4n) is 0.937. The molecule has 0 saturated heterocycles. The van der Waals surface area contributed by atoms with Crippen molar-refractivity contribution >= 4 is 7.85 Å². The first-order chi connectivity index (χ1) is 5.79. The molecule has 1 aromatic rings. The molecule has 0 fully saturated rings.